The summed E-state index contributed by atoms with van der Waals surface area (Å²) < 4.78 is 5.26. The van der Waals surface area contributed by atoms with Crippen LogP contribution in [0.15, 0.2) is 22.7 Å². The molecule has 0 unspecified atom stereocenters. The predicted octanol–water partition coefficient (Wildman–Crippen LogP) is 2.47. The molecule has 5 nitrogen and oxygen atoms in total. The van der Waals surface area contributed by atoms with Crippen molar-refractivity contribution in [3.05, 3.63) is 29.8 Å². The zero-order valence-corrected chi connectivity index (χ0v) is 11.1. The van der Waals surface area contributed by atoms with Crippen LogP contribution in [0.3, 0.4) is 0 Å². The van der Waals surface area contributed by atoms with Crippen molar-refractivity contribution in [1.82, 2.24) is 20.4 Å². The number of hydrogen-bond donors (Lipinski definition) is 1. The first kappa shape index (κ1) is 12.3. The zero-order chi connectivity index (χ0) is 13.1. The topological polar surface area (TPSA) is 63.8 Å². The first-order valence-electron chi connectivity index (χ1n) is 6.81. The molecule has 2 heterocycles. The average Bonchev–Trinajstić information content (AvgIpc) is 3.08. The van der Waals surface area contributed by atoms with E-state index in [1.54, 1.807) is 0 Å². The number of hydrogen-bond acceptors (Lipinski definition) is 5. The van der Waals surface area contributed by atoms with Gasteiger partial charge in [0.05, 0.1) is 6.54 Å². The van der Waals surface area contributed by atoms with Gasteiger partial charge in [-0.2, -0.15) is 4.98 Å². The van der Waals surface area contributed by atoms with Gasteiger partial charge < -0.3 is 9.84 Å². The van der Waals surface area contributed by atoms with E-state index in [1.807, 2.05) is 25.1 Å². The standard InChI is InChI=1S/C14H18N4O/c1-10-5-4-8-12(16-10)14-17-13(19-18-14)9-15-11-6-2-3-7-11/h4-5,8,11,15H,2-3,6-7,9H2,1H3. The summed E-state index contributed by atoms with van der Waals surface area (Å²) >= 11 is 0. The molecule has 1 saturated carbocycles. The Bertz CT molecular complexity index is 546. The Morgan fingerprint density at radius 2 is 2.11 bits per heavy atom. The minimum atomic E-state index is 0.562. The van der Waals surface area contributed by atoms with E-state index in [9.17, 15) is 0 Å². The Kier molecular flexibility index (Phi) is 3.55. The van der Waals surface area contributed by atoms with Crippen molar-refractivity contribution < 1.29 is 4.52 Å². The van der Waals surface area contributed by atoms with Crippen LogP contribution in [0.5, 0.6) is 0 Å². The summed E-state index contributed by atoms with van der Waals surface area (Å²) in [5, 5.41) is 7.44. The number of aryl methyl sites for hydroxylation is 1. The SMILES string of the molecule is Cc1cccc(-c2noc(CNC3CCCC3)n2)n1. The molecule has 0 amide bonds. The monoisotopic (exact) mass is 258 g/mol. The van der Waals surface area contributed by atoms with Crippen molar-refractivity contribution in [3.63, 3.8) is 0 Å². The van der Waals surface area contributed by atoms with Gasteiger partial charge in [-0.25, -0.2) is 4.98 Å². The van der Waals surface area contributed by atoms with E-state index in [0.29, 0.717) is 24.3 Å². The van der Waals surface area contributed by atoms with Gasteiger partial charge >= 0.3 is 0 Å². The summed E-state index contributed by atoms with van der Waals surface area (Å²) in [5.74, 6) is 1.19. The summed E-state index contributed by atoms with van der Waals surface area (Å²) in [4.78, 5) is 8.77. The lowest BCUT2D eigenvalue weighted by Gasteiger charge is -2.08. The first-order chi connectivity index (χ1) is 9.31. The lowest BCUT2D eigenvalue weighted by molar-refractivity contribution is 0.357. The Hall–Kier alpha value is -1.75. The highest BCUT2D eigenvalue weighted by atomic mass is 16.5. The van der Waals surface area contributed by atoms with Gasteiger partial charge in [-0.1, -0.05) is 24.1 Å². The maximum Gasteiger partial charge on any atom is 0.240 e. The van der Waals surface area contributed by atoms with Gasteiger partial charge in [0.1, 0.15) is 5.69 Å². The second-order valence-corrected chi connectivity index (χ2v) is 5.04. The van der Waals surface area contributed by atoms with Crippen LogP contribution in [0.2, 0.25) is 0 Å². The van der Waals surface area contributed by atoms with Crippen LogP contribution < -0.4 is 5.32 Å². The Balaban J connectivity index is 1.65. The molecule has 0 atom stereocenters. The second kappa shape index (κ2) is 5.48. The summed E-state index contributed by atoms with van der Waals surface area (Å²) in [7, 11) is 0. The highest BCUT2D eigenvalue weighted by Crippen LogP contribution is 2.18. The minimum Gasteiger partial charge on any atom is -0.337 e. The molecule has 0 aliphatic heterocycles. The molecule has 0 spiro atoms. The average molecular weight is 258 g/mol. The molecule has 0 bridgehead atoms. The smallest absolute Gasteiger partial charge is 0.240 e. The van der Waals surface area contributed by atoms with E-state index in [-0.39, 0.29) is 0 Å². The molecule has 0 saturated heterocycles. The summed E-state index contributed by atoms with van der Waals surface area (Å²) in [6.07, 6.45) is 5.14. The quantitative estimate of drug-likeness (QED) is 0.912. The molecule has 100 valence electrons. The number of pyridine rings is 1. The van der Waals surface area contributed by atoms with Crippen molar-refractivity contribution in [2.75, 3.05) is 0 Å². The molecule has 1 aliphatic carbocycles. The fourth-order valence-electron chi connectivity index (χ4n) is 2.46. The molecule has 1 fully saturated rings. The summed E-state index contributed by atoms with van der Waals surface area (Å²) in [6, 6.07) is 6.40. The van der Waals surface area contributed by atoms with Gasteiger partial charge in [0.2, 0.25) is 11.7 Å². The van der Waals surface area contributed by atoms with E-state index < -0.39 is 0 Å². The summed E-state index contributed by atoms with van der Waals surface area (Å²) in [6.45, 7) is 2.59. The molecule has 19 heavy (non-hydrogen) atoms. The van der Waals surface area contributed by atoms with Crippen molar-refractivity contribution in [2.24, 2.45) is 0 Å². The maximum absolute atomic E-state index is 5.26. The molecule has 0 radical (unpaired) electrons. The van der Waals surface area contributed by atoms with Crippen molar-refractivity contribution in [2.45, 2.75) is 45.2 Å². The van der Waals surface area contributed by atoms with Crippen molar-refractivity contribution in [1.29, 1.82) is 0 Å². The van der Waals surface area contributed by atoms with Gasteiger partial charge in [-0.15, -0.1) is 0 Å². The molecule has 2 aromatic rings. The largest absolute Gasteiger partial charge is 0.337 e. The van der Waals surface area contributed by atoms with Crippen LogP contribution in [0.1, 0.15) is 37.3 Å². The molecular weight excluding hydrogens is 240 g/mol. The van der Waals surface area contributed by atoms with Gasteiger partial charge in [-0.3, -0.25) is 0 Å². The highest BCUT2D eigenvalue weighted by Gasteiger charge is 2.16. The van der Waals surface area contributed by atoms with Gasteiger partial charge in [0.15, 0.2) is 0 Å². The van der Waals surface area contributed by atoms with Gasteiger partial charge in [0, 0.05) is 11.7 Å². The van der Waals surface area contributed by atoms with Crippen molar-refractivity contribution >= 4 is 0 Å². The van der Waals surface area contributed by atoms with Crippen LogP contribution in [0, 0.1) is 6.92 Å². The predicted molar refractivity (Wildman–Crippen MR) is 71.4 cm³/mol. The Morgan fingerprint density at radius 3 is 2.89 bits per heavy atom. The van der Waals surface area contributed by atoms with Gasteiger partial charge in [0.25, 0.3) is 0 Å². The third-order valence-corrected chi connectivity index (χ3v) is 3.48. The minimum absolute atomic E-state index is 0.562. The number of nitrogens with zero attached hydrogens (tertiary/aromatic N) is 3. The van der Waals surface area contributed by atoms with E-state index in [4.69, 9.17) is 4.52 Å². The van der Waals surface area contributed by atoms with Gasteiger partial charge in [-0.05, 0) is 31.9 Å². The lowest BCUT2D eigenvalue weighted by Crippen LogP contribution is -2.25. The second-order valence-electron chi connectivity index (χ2n) is 5.04. The van der Waals surface area contributed by atoms with Crippen LogP contribution in [-0.2, 0) is 6.54 Å². The first-order valence-corrected chi connectivity index (χ1v) is 6.81. The zero-order valence-electron chi connectivity index (χ0n) is 11.1. The van der Waals surface area contributed by atoms with Crippen LogP contribution in [0.25, 0.3) is 11.5 Å². The maximum atomic E-state index is 5.26. The molecule has 2 aromatic heterocycles. The number of nitrogens with one attached hydrogen (secondary N) is 1. The molecular formula is C14H18N4O. The molecule has 1 aliphatic rings. The van der Waals surface area contributed by atoms with E-state index >= 15 is 0 Å². The number of rotatable bonds is 4. The van der Waals surface area contributed by atoms with E-state index in [2.05, 4.69) is 20.4 Å². The van der Waals surface area contributed by atoms with Crippen LogP contribution in [0.4, 0.5) is 0 Å². The fraction of sp³-hybridized carbons (Fsp3) is 0.500. The van der Waals surface area contributed by atoms with Crippen LogP contribution in [-0.4, -0.2) is 21.2 Å². The molecule has 1 N–H and O–H groups in total. The van der Waals surface area contributed by atoms with E-state index in [1.165, 1.54) is 25.7 Å². The third kappa shape index (κ3) is 2.98. The molecule has 0 aromatic carbocycles. The third-order valence-electron chi connectivity index (χ3n) is 3.48. The van der Waals surface area contributed by atoms with Crippen molar-refractivity contribution in [3.8, 4) is 11.5 Å². The van der Waals surface area contributed by atoms with E-state index in [0.717, 1.165) is 11.4 Å². The summed E-state index contributed by atoms with van der Waals surface area (Å²) in [5.41, 5.74) is 1.71. The Morgan fingerprint density at radius 1 is 1.26 bits per heavy atom. The normalized spacial score (nSPS) is 16.1. The number of aromatic nitrogens is 3. The Labute approximate surface area is 112 Å². The van der Waals surface area contributed by atoms with Crippen LogP contribution >= 0.6 is 0 Å². The highest BCUT2D eigenvalue weighted by molar-refractivity contribution is 5.47. The molecule has 5 heteroatoms. The fourth-order valence-corrected chi connectivity index (χ4v) is 2.46. The lowest BCUT2D eigenvalue weighted by atomic mass is 10.2. The molecule has 3 rings (SSSR count).